The van der Waals surface area contributed by atoms with E-state index in [4.69, 9.17) is 9.47 Å². The van der Waals surface area contributed by atoms with Gasteiger partial charge < -0.3 is 14.6 Å². The quantitative estimate of drug-likeness (QED) is 0.868. The van der Waals surface area contributed by atoms with Crippen molar-refractivity contribution in [2.45, 2.75) is 59.5 Å². The zero-order chi connectivity index (χ0) is 15.8. The summed E-state index contributed by atoms with van der Waals surface area (Å²) in [7, 11) is 0. The van der Waals surface area contributed by atoms with Crippen LogP contribution in [0.1, 0.15) is 48.9 Å². The molecule has 4 nitrogen and oxygen atoms in total. The molecule has 1 aromatic carbocycles. The summed E-state index contributed by atoms with van der Waals surface area (Å²) < 4.78 is 11.3. The first-order chi connectivity index (χ1) is 9.75. The summed E-state index contributed by atoms with van der Waals surface area (Å²) in [5, 5.41) is 10.2. The fourth-order valence-corrected chi connectivity index (χ4v) is 2.88. The van der Waals surface area contributed by atoms with E-state index in [9.17, 15) is 9.90 Å². The Bertz CT molecular complexity index is 577. The van der Waals surface area contributed by atoms with Crippen LogP contribution in [0.5, 0.6) is 11.5 Å². The van der Waals surface area contributed by atoms with Crippen LogP contribution in [-0.2, 0) is 16.0 Å². The van der Waals surface area contributed by atoms with Gasteiger partial charge in [-0.2, -0.15) is 0 Å². The Labute approximate surface area is 126 Å². The Kier molecular flexibility index (Phi) is 4.17. The van der Waals surface area contributed by atoms with E-state index in [1.54, 1.807) is 0 Å². The number of ether oxygens (including phenoxy) is 2. The molecule has 2 rings (SSSR count). The smallest absolute Gasteiger partial charge is 0.302 e. The lowest BCUT2D eigenvalue weighted by Gasteiger charge is -2.37. The molecule has 0 aliphatic carbocycles. The number of carbonyl (C=O) groups is 1. The second-order valence-corrected chi connectivity index (χ2v) is 6.17. The Balaban J connectivity index is 2.25. The third-order valence-corrected chi connectivity index (χ3v) is 4.53. The summed E-state index contributed by atoms with van der Waals surface area (Å²) in [5.74, 6) is 1.00. The van der Waals surface area contributed by atoms with Gasteiger partial charge in [0.05, 0.1) is 6.61 Å². The van der Waals surface area contributed by atoms with Gasteiger partial charge in [-0.15, -0.1) is 0 Å². The lowest BCUT2D eigenvalue weighted by molar-refractivity contribution is -0.142. The summed E-state index contributed by atoms with van der Waals surface area (Å²) in [6, 6.07) is 0. The Hall–Kier alpha value is -1.71. The highest BCUT2D eigenvalue weighted by Gasteiger charge is 2.34. The maximum absolute atomic E-state index is 10.9. The Morgan fingerprint density at radius 2 is 1.95 bits per heavy atom. The number of hydrogen-bond acceptors (Lipinski definition) is 4. The number of rotatable bonds is 3. The van der Waals surface area contributed by atoms with Crippen molar-refractivity contribution in [2.75, 3.05) is 6.61 Å². The van der Waals surface area contributed by atoms with E-state index >= 15 is 0 Å². The Morgan fingerprint density at radius 3 is 2.57 bits per heavy atom. The van der Waals surface area contributed by atoms with Gasteiger partial charge in [0.1, 0.15) is 17.1 Å². The van der Waals surface area contributed by atoms with E-state index in [0.717, 1.165) is 40.8 Å². The molecular weight excluding hydrogens is 268 g/mol. The van der Waals surface area contributed by atoms with Crippen LogP contribution < -0.4 is 4.74 Å². The molecule has 0 saturated carbocycles. The van der Waals surface area contributed by atoms with Gasteiger partial charge in [0.25, 0.3) is 0 Å². The van der Waals surface area contributed by atoms with E-state index in [2.05, 4.69) is 6.92 Å². The van der Waals surface area contributed by atoms with Crippen molar-refractivity contribution < 1.29 is 19.4 Å². The lowest BCUT2D eigenvalue weighted by Crippen LogP contribution is -2.38. The Morgan fingerprint density at radius 1 is 1.29 bits per heavy atom. The highest BCUT2D eigenvalue weighted by atomic mass is 16.5. The molecule has 1 N–H and O–H groups in total. The van der Waals surface area contributed by atoms with Gasteiger partial charge in [-0.3, -0.25) is 4.79 Å². The van der Waals surface area contributed by atoms with Gasteiger partial charge in [0.2, 0.25) is 0 Å². The zero-order valence-corrected chi connectivity index (χ0v) is 13.5. The predicted molar refractivity (Wildman–Crippen MR) is 80.9 cm³/mol. The van der Waals surface area contributed by atoms with E-state index in [1.165, 1.54) is 6.92 Å². The first-order valence-corrected chi connectivity index (χ1v) is 7.39. The second-order valence-electron chi connectivity index (χ2n) is 6.17. The number of hydrogen-bond donors (Lipinski definition) is 1. The summed E-state index contributed by atoms with van der Waals surface area (Å²) >= 11 is 0. The standard InChI is InChI=1S/C17H24O4/c1-10-11(2)16-14(12(3)15(10)19)6-7-17(5,21-16)8-9-20-13(4)18/h19H,6-9H2,1-5H3. The van der Waals surface area contributed by atoms with Crippen LogP contribution in [0.25, 0.3) is 0 Å². The van der Waals surface area contributed by atoms with Crippen molar-refractivity contribution in [3.63, 3.8) is 0 Å². The minimum atomic E-state index is -0.330. The van der Waals surface area contributed by atoms with Crippen LogP contribution in [-0.4, -0.2) is 23.3 Å². The van der Waals surface area contributed by atoms with Crippen molar-refractivity contribution in [3.05, 3.63) is 22.3 Å². The average molecular weight is 292 g/mol. The molecule has 1 heterocycles. The molecule has 0 radical (unpaired) electrons. The molecule has 0 aromatic heterocycles. The van der Waals surface area contributed by atoms with Crippen LogP contribution in [0, 0.1) is 20.8 Å². The van der Waals surface area contributed by atoms with Crippen LogP contribution in [0.15, 0.2) is 0 Å². The number of aromatic hydroxyl groups is 1. The maximum atomic E-state index is 10.9. The number of benzene rings is 1. The molecule has 1 unspecified atom stereocenters. The van der Waals surface area contributed by atoms with Crippen molar-refractivity contribution in [1.29, 1.82) is 0 Å². The molecule has 116 valence electrons. The van der Waals surface area contributed by atoms with E-state index in [1.807, 2.05) is 20.8 Å². The molecule has 1 atom stereocenters. The van der Waals surface area contributed by atoms with Crippen molar-refractivity contribution >= 4 is 5.97 Å². The molecule has 1 aliphatic rings. The average Bonchev–Trinajstić information content (AvgIpc) is 2.42. The topological polar surface area (TPSA) is 55.8 Å². The van der Waals surface area contributed by atoms with Crippen LogP contribution >= 0.6 is 0 Å². The second kappa shape index (κ2) is 5.58. The fraction of sp³-hybridized carbons (Fsp3) is 0.588. The van der Waals surface area contributed by atoms with E-state index < -0.39 is 0 Å². The molecule has 0 saturated heterocycles. The van der Waals surface area contributed by atoms with E-state index in [0.29, 0.717) is 18.8 Å². The lowest BCUT2D eigenvalue weighted by atomic mass is 9.86. The summed E-state index contributed by atoms with van der Waals surface area (Å²) in [4.78, 5) is 10.9. The van der Waals surface area contributed by atoms with Crippen LogP contribution in [0.3, 0.4) is 0 Å². The zero-order valence-electron chi connectivity index (χ0n) is 13.5. The molecule has 0 bridgehead atoms. The highest BCUT2D eigenvalue weighted by molar-refractivity contribution is 5.65. The van der Waals surface area contributed by atoms with Gasteiger partial charge in [0, 0.05) is 18.9 Å². The normalized spacial score (nSPS) is 20.6. The largest absolute Gasteiger partial charge is 0.507 e. The maximum Gasteiger partial charge on any atom is 0.302 e. The molecule has 1 aliphatic heterocycles. The van der Waals surface area contributed by atoms with Crippen molar-refractivity contribution in [1.82, 2.24) is 0 Å². The number of carbonyl (C=O) groups excluding carboxylic acids is 1. The van der Waals surface area contributed by atoms with Crippen molar-refractivity contribution in [3.8, 4) is 11.5 Å². The molecule has 4 heteroatoms. The minimum absolute atomic E-state index is 0.261. The van der Waals surface area contributed by atoms with Crippen LogP contribution in [0.2, 0.25) is 0 Å². The van der Waals surface area contributed by atoms with Gasteiger partial charge >= 0.3 is 5.97 Å². The summed E-state index contributed by atoms with van der Waals surface area (Å²) in [6.07, 6.45) is 2.39. The number of fused-ring (bicyclic) bond motifs is 1. The minimum Gasteiger partial charge on any atom is -0.507 e. The monoisotopic (exact) mass is 292 g/mol. The molecule has 0 fully saturated rings. The highest BCUT2D eigenvalue weighted by Crippen LogP contribution is 2.43. The number of phenols is 1. The van der Waals surface area contributed by atoms with Gasteiger partial charge in [-0.05, 0) is 57.2 Å². The first-order valence-electron chi connectivity index (χ1n) is 7.39. The molecule has 0 spiro atoms. The predicted octanol–water partition coefficient (Wildman–Crippen LogP) is 3.35. The van der Waals surface area contributed by atoms with E-state index in [-0.39, 0.29) is 11.6 Å². The first kappa shape index (κ1) is 15.7. The van der Waals surface area contributed by atoms with Crippen LogP contribution in [0.4, 0.5) is 0 Å². The van der Waals surface area contributed by atoms with Crippen molar-refractivity contribution in [2.24, 2.45) is 0 Å². The fourth-order valence-electron chi connectivity index (χ4n) is 2.88. The van der Waals surface area contributed by atoms with Gasteiger partial charge in [-0.25, -0.2) is 0 Å². The number of esters is 1. The molecule has 0 amide bonds. The molecule has 1 aromatic rings. The molecular formula is C17H24O4. The summed E-state index contributed by atoms with van der Waals surface area (Å²) in [5.41, 5.74) is 3.54. The van der Waals surface area contributed by atoms with Gasteiger partial charge in [0.15, 0.2) is 0 Å². The van der Waals surface area contributed by atoms with Gasteiger partial charge in [-0.1, -0.05) is 0 Å². The number of phenolic OH excluding ortho intramolecular Hbond substituents is 1. The third-order valence-electron chi connectivity index (χ3n) is 4.53. The summed E-state index contributed by atoms with van der Waals surface area (Å²) in [6.45, 7) is 9.66. The third kappa shape index (κ3) is 2.99. The SMILES string of the molecule is CC(=O)OCCC1(C)CCc2c(C)c(O)c(C)c(C)c2O1. The molecule has 21 heavy (non-hydrogen) atoms.